The Bertz CT molecular complexity index is 155. The van der Waals surface area contributed by atoms with Gasteiger partial charge in [0.15, 0.2) is 6.29 Å². The second kappa shape index (κ2) is 7.92. The zero-order chi connectivity index (χ0) is 10.5. The van der Waals surface area contributed by atoms with E-state index in [2.05, 4.69) is 0 Å². The molecule has 0 aliphatic heterocycles. The monoisotopic (exact) mass is 276 g/mol. The molecule has 0 saturated carbocycles. The summed E-state index contributed by atoms with van der Waals surface area (Å²) >= 11 is 0. The minimum absolute atomic E-state index is 0. The van der Waals surface area contributed by atoms with Gasteiger partial charge in [0.1, 0.15) is 0 Å². The van der Waals surface area contributed by atoms with Crippen molar-refractivity contribution in [2.24, 2.45) is 11.3 Å². The van der Waals surface area contributed by atoms with Crippen molar-refractivity contribution in [1.29, 1.82) is 0 Å². The Morgan fingerprint density at radius 3 is 2.00 bits per heavy atom. The Morgan fingerprint density at radius 1 is 1.29 bits per heavy atom. The fourth-order valence-electron chi connectivity index (χ4n) is 1.03. The van der Waals surface area contributed by atoms with Gasteiger partial charge < -0.3 is 14.3 Å². The van der Waals surface area contributed by atoms with Crippen LogP contribution in [0.25, 0.3) is 0 Å². The van der Waals surface area contributed by atoms with Crippen LogP contribution in [-0.4, -0.2) is 26.8 Å². The smallest absolute Gasteiger partial charge is 0.157 e. The second-order valence-corrected chi connectivity index (χ2v) is 3.93. The summed E-state index contributed by atoms with van der Waals surface area (Å²) in [4.78, 5) is 10.5. The molecule has 4 heteroatoms. The third-order valence-corrected chi connectivity index (χ3v) is 2.57. The molecule has 0 heterocycles. The van der Waals surface area contributed by atoms with E-state index < -0.39 is 0 Å². The number of hydrogen-bond donors (Lipinski definition) is 0. The minimum Gasteiger partial charge on any atom is -0.542 e. The van der Waals surface area contributed by atoms with Gasteiger partial charge in [-0.1, -0.05) is 26.2 Å². The molecule has 0 saturated heterocycles. The fraction of sp³-hybridized carbons (Fsp3) is 0.900. The van der Waals surface area contributed by atoms with E-state index in [1.165, 1.54) is 0 Å². The number of methoxy groups -OCH3 is 2. The molecule has 1 radical (unpaired) electrons. The van der Waals surface area contributed by atoms with Crippen LogP contribution in [0, 0.1) is 11.3 Å². The van der Waals surface area contributed by atoms with E-state index in [1.54, 1.807) is 14.2 Å². The van der Waals surface area contributed by atoms with Crippen LogP contribution in [0.5, 0.6) is 0 Å². The van der Waals surface area contributed by atoms with Gasteiger partial charge in [-0.15, -0.1) is 5.92 Å². The van der Waals surface area contributed by atoms with Crippen molar-refractivity contribution in [2.75, 3.05) is 14.2 Å². The molecule has 0 bridgehead atoms. The van der Waals surface area contributed by atoms with E-state index in [0.717, 1.165) is 0 Å². The van der Waals surface area contributed by atoms with Crippen molar-refractivity contribution in [1.82, 2.24) is 0 Å². The van der Waals surface area contributed by atoms with E-state index >= 15 is 0 Å². The van der Waals surface area contributed by atoms with Gasteiger partial charge in [0.2, 0.25) is 0 Å². The van der Waals surface area contributed by atoms with Crippen LogP contribution in [0.4, 0.5) is 0 Å². The van der Waals surface area contributed by atoms with Crippen LogP contribution in [0.3, 0.4) is 0 Å². The largest absolute Gasteiger partial charge is 0.542 e. The quantitative estimate of drug-likeness (QED) is 0.548. The van der Waals surface area contributed by atoms with Crippen LogP contribution < -0.4 is 0 Å². The number of hydrogen-bond acceptors (Lipinski definition) is 3. The summed E-state index contributed by atoms with van der Waals surface area (Å²) in [6, 6.07) is 0. The van der Waals surface area contributed by atoms with Gasteiger partial charge in [0.05, 0.1) is 0 Å². The predicted octanol–water partition coefficient (Wildman–Crippen LogP) is 1.76. The summed E-state index contributed by atoms with van der Waals surface area (Å²) in [6.45, 7) is 5.87. The summed E-state index contributed by atoms with van der Waals surface area (Å²) in [6.07, 6.45) is 2.44. The molecular weight excluding hydrogens is 257 g/mol. The maximum atomic E-state index is 10.5. The molecule has 3 nitrogen and oxygen atoms in total. The average Bonchev–Trinajstić information content (AvgIpc) is 2.12. The predicted molar refractivity (Wildman–Crippen MR) is 51.1 cm³/mol. The van der Waals surface area contributed by atoms with Gasteiger partial charge in [-0.25, -0.2) is 0 Å². The molecule has 0 aromatic carbocycles. The summed E-state index contributed by atoms with van der Waals surface area (Å²) < 4.78 is 10.2. The van der Waals surface area contributed by atoms with Gasteiger partial charge in [0.25, 0.3) is 0 Å². The molecule has 0 aromatic heterocycles. The molecule has 14 heavy (non-hydrogen) atoms. The summed E-state index contributed by atoms with van der Waals surface area (Å²) in [5, 5.41) is 0. The van der Waals surface area contributed by atoms with Crippen LogP contribution >= 0.6 is 0 Å². The van der Waals surface area contributed by atoms with E-state index in [4.69, 9.17) is 9.47 Å². The fourth-order valence-corrected chi connectivity index (χ4v) is 1.03. The van der Waals surface area contributed by atoms with Gasteiger partial charge >= 0.3 is 0 Å². The van der Waals surface area contributed by atoms with Crippen LogP contribution in [0.15, 0.2) is 0 Å². The SMILES string of the molecule is COC(CC(C)(C)C(C)[C-]=O)OC.[Y]. The molecule has 0 N–H and O–H groups in total. The Labute approximate surface area is 112 Å². The topological polar surface area (TPSA) is 35.5 Å². The standard InChI is InChI=1S/C10H19O3.Y/c1-8(7-11)10(2,3)6-9(12-4)13-5;/h8-9H,6H2,1-5H3;/q-1;. The van der Waals surface area contributed by atoms with Crippen molar-refractivity contribution in [2.45, 2.75) is 33.5 Å². The number of rotatable bonds is 6. The molecule has 0 spiro atoms. The van der Waals surface area contributed by atoms with E-state index in [9.17, 15) is 4.79 Å². The number of carbonyl (C=O) groups excluding carboxylic acids is 1. The molecule has 81 valence electrons. The zero-order valence-corrected chi connectivity index (χ0v) is 12.5. The van der Waals surface area contributed by atoms with Crippen molar-refractivity contribution < 1.29 is 47.0 Å². The first-order chi connectivity index (χ1) is 5.97. The molecule has 0 aliphatic carbocycles. The molecule has 1 unspecified atom stereocenters. The van der Waals surface area contributed by atoms with Gasteiger partial charge in [-0.2, -0.15) is 0 Å². The van der Waals surface area contributed by atoms with Crippen LogP contribution in [0.1, 0.15) is 27.2 Å². The van der Waals surface area contributed by atoms with Crippen molar-refractivity contribution in [3.8, 4) is 0 Å². The molecule has 0 rings (SSSR count). The summed E-state index contributed by atoms with van der Waals surface area (Å²) in [7, 11) is 3.19. The normalized spacial score (nSPS) is 13.6. The van der Waals surface area contributed by atoms with Gasteiger partial charge in [0, 0.05) is 53.3 Å². The Hall–Kier alpha value is 0.694. The molecule has 0 aromatic rings. The summed E-state index contributed by atoms with van der Waals surface area (Å²) in [5.41, 5.74) is -0.140. The Kier molecular flexibility index (Phi) is 9.67. The first-order valence-corrected chi connectivity index (χ1v) is 4.41. The van der Waals surface area contributed by atoms with Crippen LogP contribution in [-0.2, 0) is 47.0 Å². The van der Waals surface area contributed by atoms with E-state index in [1.807, 2.05) is 27.1 Å². The van der Waals surface area contributed by atoms with Gasteiger partial charge in [-0.05, 0) is 0 Å². The van der Waals surface area contributed by atoms with E-state index in [-0.39, 0.29) is 50.3 Å². The Balaban J connectivity index is 0. The number of ether oxygens (including phenoxy) is 2. The first kappa shape index (κ1) is 17.1. The minimum atomic E-state index is -0.245. The first-order valence-electron chi connectivity index (χ1n) is 4.41. The third kappa shape index (κ3) is 5.54. The van der Waals surface area contributed by atoms with Crippen molar-refractivity contribution >= 4 is 6.29 Å². The van der Waals surface area contributed by atoms with Gasteiger partial charge in [-0.3, -0.25) is 6.29 Å². The van der Waals surface area contributed by atoms with E-state index in [0.29, 0.717) is 6.42 Å². The van der Waals surface area contributed by atoms with Crippen molar-refractivity contribution in [3.63, 3.8) is 0 Å². The van der Waals surface area contributed by atoms with Crippen LogP contribution in [0.2, 0.25) is 0 Å². The molecular formula is C10H19O3Y-. The van der Waals surface area contributed by atoms with Crippen molar-refractivity contribution in [3.05, 3.63) is 0 Å². The zero-order valence-electron chi connectivity index (χ0n) is 9.66. The molecule has 1 atom stereocenters. The maximum Gasteiger partial charge on any atom is 0.157 e. The Morgan fingerprint density at radius 2 is 1.71 bits per heavy atom. The summed E-state index contributed by atoms with van der Waals surface area (Å²) in [5.74, 6) is -0.111. The molecule has 0 aliphatic rings. The average molecular weight is 276 g/mol. The molecule has 0 amide bonds. The second-order valence-electron chi connectivity index (χ2n) is 3.93. The third-order valence-electron chi connectivity index (χ3n) is 2.57. The molecule has 0 fully saturated rings. The maximum absolute atomic E-state index is 10.5.